The third-order valence-corrected chi connectivity index (χ3v) is 5.04. The van der Waals surface area contributed by atoms with E-state index in [-0.39, 0.29) is 29.6 Å². The second-order valence-corrected chi connectivity index (χ2v) is 7.25. The van der Waals surface area contributed by atoms with Crippen molar-refractivity contribution in [3.05, 3.63) is 28.8 Å². The molecule has 6 heteroatoms. The Morgan fingerprint density at radius 1 is 1.42 bits per heavy atom. The van der Waals surface area contributed by atoms with Crippen LogP contribution in [0.5, 0.6) is 5.75 Å². The summed E-state index contributed by atoms with van der Waals surface area (Å²) in [5.41, 5.74) is 1.74. The molecule has 1 atom stereocenters. The van der Waals surface area contributed by atoms with Gasteiger partial charge in [-0.25, -0.2) is 4.79 Å². The van der Waals surface area contributed by atoms with Gasteiger partial charge in [0, 0.05) is 11.1 Å². The molecule has 0 saturated carbocycles. The summed E-state index contributed by atoms with van der Waals surface area (Å²) < 4.78 is 10.4. The zero-order valence-corrected chi connectivity index (χ0v) is 15.7. The van der Waals surface area contributed by atoms with E-state index in [4.69, 9.17) is 9.47 Å². The molecule has 136 valence electrons. The monoisotopic (exact) mass is 354 g/mol. The van der Waals surface area contributed by atoms with Crippen LogP contribution in [0.3, 0.4) is 0 Å². The van der Waals surface area contributed by atoms with E-state index in [1.54, 1.807) is 25.0 Å². The molecule has 1 unspecified atom stereocenters. The van der Waals surface area contributed by atoms with Crippen LogP contribution in [0.4, 0.5) is 5.69 Å². The van der Waals surface area contributed by atoms with Gasteiger partial charge in [0.05, 0.1) is 25.0 Å². The highest BCUT2D eigenvalue weighted by molar-refractivity contribution is 6.37. The Hall–Kier alpha value is -2.81. The number of carbonyl (C=O) groups is 2. The molecule has 6 nitrogen and oxygen atoms in total. The molecule has 0 bridgehead atoms. The smallest absolute Gasteiger partial charge is 0.349 e. The van der Waals surface area contributed by atoms with Crippen LogP contribution in [0.15, 0.2) is 17.7 Å². The van der Waals surface area contributed by atoms with Gasteiger partial charge in [-0.2, -0.15) is 5.26 Å². The molecule has 0 saturated heterocycles. The maximum absolute atomic E-state index is 13.3. The lowest BCUT2D eigenvalue weighted by atomic mass is 9.80. The van der Waals surface area contributed by atoms with Gasteiger partial charge < -0.3 is 14.4 Å². The molecule has 0 N–H and O–H groups in total. The Morgan fingerprint density at radius 3 is 2.69 bits per heavy atom. The van der Waals surface area contributed by atoms with Crippen molar-refractivity contribution in [2.45, 2.75) is 45.6 Å². The maximum atomic E-state index is 13.3. The average molecular weight is 354 g/mol. The number of amides is 1. The molecule has 2 heterocycles. The van der Waals surface area contributed by atoms with Crippen LogP contribution in [-0.4, -0.2) is 31.1 Å². The van der Waals surface area contributed by atoms with Crippen molar-refractivity contribution < 1.29 is 19.1 Å². The van der Waals surface area contributed by atoms with E-state index in [1.807, 2.05) is 26.0 Å². The summed E-state index contributed by atoms with van der Waals surface area (Å²) in [6, 6.07) is 5.53. The standard InChI is InChI=1S/C20H22N2O4/c1-6-26-19(24)15(10-21)16-14-8-12(25-5)7-13-11(2)9-20(3,4)22(17(13)14)18(16)23/h7-8,11H,6,9H2,1-5H3/b16-15+. The topological polar surface area (TPSA) is 79.6 Å². The summed E-state index contributed by atoms with van der Waals surface area (Å²) in [7, 11) is 1.56. The molecule has 0 spiro atoms. The lowest BCUT2D eigenvalue weighted by Gasteiger charge is -2.43. The molecule has 2 aliphatic heterocycles. The summed E-state index contributed by atoms with van der Waals surface area (Å²) in [6.07, 6.45) is 0.771. The third kappa shape index (κ3) is 2.47. The number of anilines is 1. The minimum Gasteiger partial charge on any atom is -0.497 e. The van der Waals surface area contributed by atoms with Crippen molar-refractivity contribution >= 4 is 23.1 Å². The lowest BCUT2D eigenvalue weighted by Crippen LogP contribution is -2.49. The molecule has 0 radical (unpaired) electrons. The number of hydrogen-bond acceptors (Lipinski definition) is 5. The van der Waals surface area contributed by atoms with Gasteiger partial charge >= 0.3 is 5.97 Å². The first-order chi connectivity index (χ1) is 12.3. The van der Waals surface area contributed by atoms with Gasteiger partial charge in [-0.3, -0.25) is 4.79 Å². The van der Waals surface area contributed by atoms with E-state index in [2.05, 4.69) is 6.92 Å². The predicted octanol–water partition coefficient (Wildman–Crippen LogP) is 3.17. The summed E-state index contributed by atoms with van der Waals surface area (Å²) in [4.78, 5) is 27.3. The van der Waals surface area contributed by atoms with Gasteiger partial charge in [0.15, 0.2) is 5.57 Å². The molecule has 0 aliphatic carbocycles. The van der Waals surface area contributed by atoms with E-state index in [0.29, 0.717) is 11.3 Å². The zero-order valence-electron chi connectivity index (χ0n) is 15.7. The number of hydrogen-bond donors (Lipinski definition) is 0. The predicted molar refractivity (Wildman–Crippen MR) is 96.8 cm³/mol. The molecular weight excluding hydrogens is 332 g/mol. The largest absolute Gasteiger partial charge is 0.497 e. The van der Waals surface area contributed by atoms with Crippen LogP contribution in [0.2, 0.25) is 0 Å². The number of rotatable bonds is 3. The molecule has 1 amide bonds. The van der Waals surface area contributed by atoms with Gasteiger partial charge in [-0.1, -0.05) is 6.92 Å². The molecule has 2 aliphatic rings. The Balaban J connectivity index is 2.36. The highest BCUT2D eigenvalue weighted by Gasteiger charge is 2.49. The van der Waals surface area contributed by atoms with E-state index < -0.39 is 11.5 Å². The normalized spacial score (nSPS) is 21.8. The Kier molecular flexibility index (Phi) is 4.27. The van der Waals surface area contributed by atoms with Crippen molar-refractivity contribution in [3.8, 4) is 11.8 Å². The van der Waals surface area contributed by atoms with E-state index >= 15 is 0 Å². The number of nitriles is 1. The number of ether oxygens (including phenoxy) is 2. The number of benzene rings is 1. The summed E-state index contributed by atoms with van der Waals surface area (Å²) >= 11 is 0. The third-order valence-electron chi connectivity index (χ3n) is 5.04. The summed E-state index contributed by atoms with van der Waals surface area (Å²) in [6.45, 7) is 7.90. The summed E-state index contributed by atoms with van der Waals surface area (Å²) in [5.74, 6) is -0.305. The molecule has 3 rings (SSSR count). The van der Waals surface area contributed by atoms with E-state index in [9.17, 15) is 14.9 Å². The lowest BCUT2D eigenvalue weighted by molar-refractivity contribution is -0.138. The van der Waals surface area contributed by atoms with Crippen LogP contribution >= 0.6 is 0 Å². The van der Waals surface area contributed by atoms with Gasteiger partial charge in [-0.05, 0) is 50.8 Å². The zero-order chi connectivity index (χ0) is 19.2. The first-order valence-electron chi connectivity index (χ1n) is 8.65. The fraction of sp³-hybridized carbons (Fsp3) is 0.450. The minimum atomic E-state index is -0.777. The van der Waals surface area contributed by atoms with Gasteiger partial charge in [-0.15, -0.1) is 0 Å². The van der Waals surface area contributed by atoms with E-state index in [0.717, 1.165) is 17.7 Å². The fourth-order valence-electron chi connectivity index (χ4n) is 4.07. The van der Waals surface area contributed by atoms with Crippen molar-refractivity contribution in [2.75, 3.05) is 18.6 Å². The first kappa shape index (κ1) is 18.0. The Labute approximate surface area is 153 Å². The Morgan fingerprint density at radius 2 is 2.12 bits per heavy atom. The SMILES string of the molecule is CCOC(=O)/C(C#N)=C1/C(=O)N2c3c1cc(OC)cc3C(C)CC2(C)C. The average Bonchev–Trinajstić information content (AvgIpc) is 2.87. The van der Waals surface area contributed by atoms with Gasteiger partial charge in [0.2, 0.25) is 0 Å². The highest BCUT2D eigenvalue weighted by atomic mass is 16.5. The number of carbonyl (C=O) groups excluding carboxylic acids is 2. The first-order valence-corrected chi connectivity index (χ1v) is 8.65. The van der Waals surface area contributed by atoms with Gasteiger partial charge in [0.1, 0.15) is 11.8 Å². The molecule has 0 fully saturated rings. The van der Waals surface area contributed by atoms with Crippen LogP contribution < -0.4 is 9.64 Å². The van der Waals surface area contributed by atoms with Gasteiger partial charge in [0.25, 0.3) is 5.91 Å². The second-order valence-electron chi connectivity index (χ2n) is 7.25. The van der Waals surface area contributed by atoms with Crippen molar-refractivity contribution in [1.82, 2.24) is 0 Å². The second kappa shape index (κ2) is 6.17. The van der Waals surface area contributed by atoms with Crippen molar-refractivity contribution in [2.24, 2.45) is 0 Å². The number of methoxy groups -OCH3 is 1. The van der Waals surface area contributed by atoms with Crippen LogP contribution in [0.1, 0.15) is 51.2 Å². The highest BCUT2D eigenvalue weighted by Crippen LogP contribution is 2.53. The molecular formula is C20H22N2O4. The molecule has 26 heavy (non-hydrogen) atoms. The summed E-state index contributed by atoms with van der Waals surface area (Å²) in [5, 5.41) is 9.57. The maximum Gasteiger partial charge on any atom is 0.349 e. The quantitative estimate of drug-likeness (QED) is 0.473. The van der Waals surface area contributed by atoms with Crippen molar-refractivity contribution in [3.63, 3.8) is 0 Å². The fourth-order valence-corrected chi connectivity index (χ4v) is 4.07. The van der Waals surface area contributed by atoms with Crippen LogP contribution in [0, 0.1) is 11.3 Å². The van der Waals surface area contributed by atoms with Crippen molar-refractivity contribution in [1.29, 1.82) is 5.26 Å². The van der Waals surface area contributed by atoms with E-state index in [1.165, 1.54) is 0 Å². The Bertz CT molecular complexity index is 877. The molecule has 1 aromatic carbocycles. The number of nitrogens with zero attached hydrogens (tertiary/aromatic N) is 2. The van der Waals surface area contributed by atoms with Crippen LogP contribution in [-0.2, 0) is 14.3 Å². The molecule has 1 aromatic rings. The minimum absolute atomic E-state index is 0.100. The molecule has 0 aromatic heterocycles. The number of esters is 1. The van der Waals surface area contributed by atoms with Crippen LogP contribution in [0.25, 0.3) is 5.57 Å².